The van der Waals surface area contributed by atoms with E-state index in [-0.39, 0.29) is 28.0 Å². The Morgan fingerprint density at radius 3 is 2.03 bits per heavy atom. The molecule has 7 heteroatoms. The summed E-state index contributed by atoms with van der Waals surface area (Å²) >= 11 is 0. The standard InChI is InChI=1S/C25H28N2O4S/c1-14(2)17-11-19(15(3)4)24(20(12-17)16(5)6)32(29,30)27-13-21-23(26-27)18-9-7-8-10-22(18)31-25(21)28/h7-16H,1-6H3. The topological polar surface area (TPSA) is 82.2 Å². The summed E-state index contributed by atoms with van der Waals surface area (Å²) in [5.41, 5.74) is 2.71. The van der Waals surface area contributed by atoms with Crippen LogP contribution in [0.4, 0.5) is 0 Å². The number of benzene rings is 2. The molecule has 0 amide bonds. The Balaban J connectivity index is 2.06. The molecule has 0 saturated carbocycles. The molecule has 4 rings (SSSR count). The van der Waals surface area contributed by atoms with Crippen molar-refractivity contribution in [2.24, 2.45) is 0 Å². The summed E-state index contributed by atoms with van der Waals surface area (Å²) in [4.78, 5) is 12.8. The Hall–Kier alpha value is -2.93. The zero-order valence-corrected chi connectivity index (χ0v) is 20.0. The first-order valence-electron chi connectivity index (χ1n) is 10.9. The van der Waals surface area contributed by atoms with Gasteiger partial charge in [0.05, 0.1) is 11.1 Å². The van der Waals surface area contributed by atoms with Crippen molar-refractivity contribution in [3.8, 4) is 0 Å². The van der Waals surface area contributed by atoms with Gasteiger partial charge >= 0.3 is 5.63 Å². The van der Waals surface area contributed by atoms with Crippen molar-refractivity contribution in [1.82, 2.24) is 9.19 Å². The normalized spacial score (nSPS) is 12.7. The first-order valence-corrected chi connectivity index (χ1v) is 12.3. The Labute approximate surface area is 187 Å². The second kappa shape index (κ2) is 7.89. The van der Waals surface area contributed by atoms with Crippen LogP contribution in [0.2, 0.25) is 0 Å². The molecule has 0 fully saturated rings. The van der Waals surface area contributed by atoms with Crippen LogP contribution >= 0.6 is 0 Å². The van der Waals surface area contributed by atoms with Crippen molar-refractivity contribution in [1.29, 1.82) is 0 Å². The van der Waals surface area contributed by atoms with E-state index in [0.717, 1.165) is 20.8 Å². The van der Waals surface area contributed by atoms with Gasteiger partial charge in [-0.2, -0.15) is 17.6 Å². The highest BCUT2D eigenvalue weighted by Crippen LogP contribution is 2.36. The lowest BCUT2D eigenvalue weighted by atomic mass is 9.89. The van der Waals surface area contributed by atoms with Crippen molar-refractivity contribution in [3.05, 3.63) is 69.7 Å². The Kier molecular flexibility index (Phi) is 5.49. The van der Waals surface area contributed by atoms with Gasteiger partial charge in [-0.05, 0) is 46.6 Å². The lowest BCUT2D eigenvalue weighted by Gasteiger charge is -2.22. The van der Waals surface area contributed by atoms with Gasteiger partial charge in [0.2, 0.25) is 0 Å². The second-order valence-corrected chi connectivity index (χ2v) is 10.9. The number of rotatable bonds is 5. The monoisotopic (exact) mass is 452 g/mol. The van der Waals surface area contributed by atoms with Crippen LogP contribution in [-0.2, 0) is 10.0 Å². The summed E-state index contributed by atoms with van der Waals surface area (Å²) in [6, 6.07) is 11.0. The van der Waals surface area contributed by atoms with Crippen LogP contribution in [0.5, 0.6) is 0 Å². The van der Waals surface area contributed by atoms with Crippen LogP contribution in [-0.4, -0.2) is 17.6 Å². The lowest BCUT2D eigenvalue weighted by molar-refractivity contribution is 0.569. The minimum atomic E-state index is -4.06. The molecule has 0 aliphatic rings. The van der Waals surface area contributed by atoms with Crippen molar-refractivity contribution in [2.45, 2.75) is 64.2 Å². The number of nitrogens with zero attached hydrogens (tertiary/aromatic N) is 2. The summed E-state index contributed by atoms with van der Waals surface area (Å²) in [5.74, 6) is 0.253. The van der Waals surface area contributed by atoms with Crippen LogP contribution in [0, 0.1) is 0 Å². The summed E-state index contributed by atoms with van der Waals surface area (Å²) in [5, 5.41) is 5.12. The van der Waals surface area contributed by atoms with Gasteiger partial charge in [0, 0.05) is 5.39 Å². The van der Waals surface area contributed by atoms with Crippen LogP contribution in [0.3, 0.4) is 0 Å². The van der Waals surface area contributed by atoms with Gasteiger partial charge in [0.15, 0.2) is 0 Å². The molecule has 2 heterocycles. The maximum absolute atomic E-state index is 14.0. The second-order valence-electron chi connectivity index (χ2n) is 9.15. The van der Waals surface area contributed by atoms with E-state index in [9.17, 15) is 13.2 Å². The maximum Gasteiger partial charge on any atom is 0.347 e. The Bertz CT molecular complexity index is 1460. The fraction of sp³-hybridized carbons (Fsp3) is 0.360. The molecule has 0 aliphatic heterocycles. The molecular formula is C25H28N2O4S. The van der Waals surface area contributed by atoms with Gasteiger partial charge in [-0.3, -0.25) is 0 Å². The smallest absolute Gasteiger partial charge is 0.347 e. The molecule has 0 atom stereocenters. The summed E-state index contributed by atoms with van der Waals surface area (Å²) in [6.07, 6.45) is 1.27. The number of aromatic nitrogens is 2. The van der Waals surface area contributed by atoms with Crippen LogP contribution in [0.15, 0.2) is 56.7 Å². The van der Waals surface area contributed by atoms with E-state index in [4.69, 9.17) is 4.42 Å². The van der Waals surface area contributed by atoms with Crippen molar-refractivity contribution in [3.63, 3.8) is 0 Å². The highest BCUT2D eigenvalue weighted by Gasteiger charge is 2.30. The first-order chi connectivity index (χ1) is 15.0. The molecule has 0 aliphatic carbocycles. The van der Waals surface area contributed by atoms with Crippen LogP contribution in [0.25, 0.3) is 21.9 Å². The van der Waals surface area contributed by atoms with E-state index >= 15 is 0 Å². The first kappa shape index (κ1) is 22.3. The maximum atomic E-state index is 14.0. The third kappa shape index (κ3) is 3.54. The minimum absolute atomic E-state index is 0.00754. The van der Waals surface area contributed by atoms with Gasteiger partial charge in [-0.15, -0.1) is 0 Å². The number of fused-ring (bicyclic) bond motifs is 3. The van der Waals surface area contributed by atoms with E-state index in [1.165, 1.54) is 6.20 Å². The number of para-hydroxylation sites is 1. The number of hydrogen-bond donors (Lipinski definition) is 0. The van der Waals surface area contributed by atoms with E-state index in [2.05, 4.69) is 18.9 Å². The molecule has 2 aromatic heterocycles. The highest BCUT2D eigenvalue weighted by atomic mass is 32.2. The van der Waals surface area contributed by atoms with Crippen molar-refractivity contribution < 1.29 is 12.8 Å². The third-order valence-electron chi connectivity index (χ3n) is 5.84. The summed E-state index contributed by atoms with van der Waals surface area (Å²) in [7, 11) is -4.06. The minimum Gasteiger partial charge on any atom is -0.422 e. The SMILES string of the molecule is CC(C)c1cc(C(C)C)c(S(=O)(=O)n2cc3c(=O)oc4ccccc4c3n2)c(C(C)C)c1. The van der Waals surface area contributed by atoms with Gasteiger partial charge in [-0.25, -0.2) is 4.79 Å². The molecule has 0 saturated heterocycles. The van der Waals surface area contributed by atoms with Crippen molar-refractivity contribution >= 4 is 31.9 Å². The fourth-order valence-corrected chi connectivity index (χ4v) is 5.82. The average molecular weight is 453 g/mol. The van der Waals surface area contributed by atoms with E-state index in [0.29, 0.717) is 16.5 Å². The number of hydrogen-bond acceptors (Lipinski definition) is 5. The Morgan fingerprint density at radius 2 is 1.47 bits per heavy atom. The fourth-order valence-electron chi connectivity index (χ4n) is 4.01. The largest absolute Gasteiger partial charge is 0.422 e. The lowest BCUT2D eigenvalue weighted by Crippen LogP contribution is -2.19. The van der Waals surface area contributed by atoms with Crippen LogP contribution < -0.4 is 5.63 Å². The average Bonchev–Trinajstić information content (AvgIpc) is 3.20. The summed E-state index contributed by atoms with van der Waals surface area (Å²) < 4.78 is 34.2. The molecule has 2 aromatic carbocycles. The predicted octanol–water partition coefficient (Wildman–Crippen LogP) is 5.75. The Morgan fingerprint density at radius 1 is 0.875 bits per heavy atom. The molecule has 0 spiro atoms. The van der Waals surface area contributed by atoms with E-state index in [1.54, 1.807) is 24.3 Å². The zero-order chi connectivity index (χ0) is 23.4. The molecule has 168 valence electrons. The molecule has 6 nitrogen and oxygen atoms in total. The molecule has 0 bridgehead atoms. The molecule has 0 N–H and O–H groups in total. The predicted molar refractivity (Wildman–Crippen MR) is 127 cm³/mol. The molecule has 0 unspecified atom stereocenters. The van der Waals surface area contributed by atoms with E-state index in [1.807, 2.05) is 39.8 Å². The van der Waals surface area contributed by atoms with Gasteiger partial charge < -0.3 is 4.42 Å². The highest BCUT2D eigenvalue weighted by molar-refractivity contribution is 7.90. The molecule has 0 radical (unpaired) electrons. The van der Waals surface area contributed by atoms with Crippen molar-refractivity contribution in [2.75, 3.05) is 0 Å². The van der Waals surface area contributed by atoms with Gasteiger partial charge in [0.1, 0.15) is 16.5 Å². The molecular weight excluding hydrogens is 424 g/mol. The van der Waals surface area contributed by atoms with Gasteiger partial charge in [-0.1, -0.05) is 65.8 Å². The molecule has 32 heavy (non-hydrogen) atoms. The van der Waals surface area contributed by atoms with E-state index < -0.39 is 15.6 Å². The summed E-state index contributed by atoms with van der Waals surface area (Å²) in [6.45, 7) is 12.2. The quantitative estimate of drug-likeness (QED) is 0.360. The van der Waals surface area contributed by atoms with Gasteiger partial charge in [0.25, 0.3) is 10.0 Å². The third-order valence-corrected chi connectivity index (χ3v) is 7.51. The zero-order valence-electron chi connectivity index (χ0n) is 19.2. The molecule has 4 aromatic rings. The van der Waals surface area contributed by atoms with Crippen LogP contribution in [0.1, 0.15) is 76.0 Å².